The van der Waals surface area contributed by atoms with E-state index >= 15 is 0 Å². The van der Waals surface area contributed by atoms with Crippen LogP contribution in [0.4, 0.5) is 10.2 Å². The van der Waals surface area contributed by atoms with Crippen molar-refractivity contribution in [3.8, 4) is 0 Å². The van der Waals surface area contributed by atoms with Gasteiger partial charge < -0.3 is 9.88 Å². The van der Waals surface area contributed by atoms with Crippen molar-refractivity contribution in [2.45, 2.75) is 26.8 Å². The minimum atomic E-state index is -0.225. The Bertz CT molecular complexity index is 652. The number of rotatable bonds is 6. The predicted octanol–water partition coefficient (Wildman–Crippen LogP) is 2.69. The number of nitrogens with zero attached hydrogens (tertiary/aromatic N) is 2. The molecule has 2 rings (SSSR count). The Hall–Kier alpha value is -2.17. The topological polar surface area (TPSA) is 46.9 Å². The molecule has 0 saturated carbocycles. The van der Waals surface area contributed by atoms with Crippen molar-refractivity contribution in [2.24, 2.45) is 5.92 Å². The van der Waals surface area contributed by atoms with Crippen LogP contribution in [0.15, 0.2) is 41.5 Å². The maximum absolute atomic E-state index is 13.5. The Morgan fingerprint density at radius 3 is 2.81 bits per heavy atom. The maximum Gasteiger partial charge on any atom is 0.293 e. The molecule has 0 unspecified atom stereocenters. The first kappa shape index (κ1) is 15.2. The zero-order valence-electron chi connectivity index (χ0n) is 12.3. The molecule has 5 heteroatoms. The second-order valence-corrected chi connectivity index (χ2v) is 5.40. The number of hydrogen-bond donors (Lipinski definition) is 1. The summed E-state index contributed by atoms with van der Waals surface area (Å²) in [6.07, 6.45) is 3.80. The molecule has 2 aromatic rings. The number of nitrogens with one attached hydrogen (secondary N) is 1. The van der Waals surface area contributed by atoms with E-state index in [0.717, 1.165) is 0 Å². The highest BCUT2D eigenvalue weighted by molar-refractivity contribution is 5.31. The van der Waals surface area contributed by atoms with Gasteiger partial charge in [-0.3, -0.25) is 4.79 Å². The molecule has 0 saturated heterocycles. The van der Waals surface area contributed by atoms with Gasteiger partial charge in [-0.15, -0.1) is 0 Å². The third-order valence-electron chi connectivity index (χ3n) is 3.12. The van der Waals surface area contributed by atoms with E-state index in [0.29, 0.717) is 36.8 Å². The number of anilines is 1. The van der Waals surface area contributed by atoms with Gasteiger partial charge in [-0.2, -0.15) is 0 Å². The van der Waals surface area contributed by atoms with Crippen molar-refractivity contribution >= 4 is 5.82 Å². The smallest absolute Gasteiger partial charge is 0.293 e. The largest absolute Gasteiger partial charge is 0.365 e. The van der Waals surface area contributed by atoms with Crippen molar-refractivity contribution in [3.05, 3.63) is 58.4 Å². The lowest BCUT2D eigenvalue weighted by Crippen LogP contribution is -2.26. The zero-order chi connectivity index (χ0) is 15.2. The van der Waals surface area contributed by atoms with Crippen molar-refractivity contribution in [1.82, 2.24) is 9.55 Å². The van der Waals surface area contributed by atoms with Gasteiger partial charge in [0.1, 0.15) is 5.82 Å². The maximum atomic E-state index is 13.5. The highest BCUT2D eigenvalue weighted by atomic mass is 19.1. The van der Waals surface area contributed by atoms with Crippen LogP contribution in [-0.4, -0.2) is 16.1 Å². The molecular formula is C16H20FN3O. The van der Waals surface area contributed by atoms with Crippen LogP contribution in [0.1, 0.15) is 19.4 Å². The van der Waals surface area contributed by atoms with Crippen molar-refractivity contribution in [1.29, 1.82) is 0 Å². The third kappa shape index (κ3) is 4.15. The predicted molar refractivity (Wildman–Crippen MR) is 81.9 cm³/mol. The van der Waals surface area contributed by atoms with Gasteiger partial charge in [0.2, 0.25) is 0 Å². The standard InChI is InChI=1S/C16H20FN3O/c1-12(2)11-20-10-9-19-15(16(20)21)18-8-7-13-5-3-4-6-14(13)17/h3-6,9-10,12H,7-8,11H2,1-2H3,(H,18,19). The van der Waals surface area contributed by atoms with Crippen molar-refractivity contribution < 1.29 is 4.39 Å². The van der Waals surface area contributed by atoms with Crippen LogP contribution >= 0.6 is 0 Å². The highest BCUT2D eigenvalue weighted by Crippen LogP contribution is 2.07. The Morgan fingerprint density at radius 2 is 2.10 bits per heavy atom. The number of benzene rings is 1. The average molecular weight is 289 g/mol. The van der Waals surface area contributed by atoms with Gasteiger partial charge in [0.15, 0.2) is 5.82 Å². The third-order valence-corrected chi connectivity index (χ3v) is 3.12. The van der Waals surface area contributed by atoms with E-state index in [1.807, 2.05) is 0 Å². The van der Waals surface area contributed by atoms with Crippen LogP contribution in [0, 0.1) is 11.7 Å². The molecule has 0 aliphatic rings. The molecule has 1 aromatic carbocycles. The van der Waals surface area contributed by atoms with E-state index < -0.39 is 0 Å². The number of halogens is 1. The van der Waals surface area contributed by atoms with Gasteiger partial charge in [-0.25, -0.2) is 9.37 Å². The lowest BCUT2D eigenvalue weighted by molar-refractivity contribution is 0.509. The summed E-state index contributed by atoms with van der Waals surface area (Å²) in [6.45, 7) is 5.23. The van der Waals surface area contributed by atoms with Crippen molar-refractivity contribution in [3.63, 3.8) is 0 Å². The molecule has 1 aromatic heterocycles. The minimum Gasteiger partial charge on any atom is -0.365 e. The fourth-order valence-electron chi connectivity index (χ4n) is 2.12. The quantitative estimate of drug-likeness (QED) is 0.889. The first-order valence-corrected chi connectivity index (χ1v) is 7.10. The normalized spacial score (nSPS) is 10.9. The van der Waals surface area contributed by atoms with Crippen LogP contribution in [0.3, 0.4) is 0 Å². The van der Waals surface area contributed by atoms with Crippen LogP contribution in [0.5, 0.6) is 0 Å². The van der Waals surface area contributed by atoms with Gasteiger partial charge in [0, 0.05) is 25.5 Å². The summed E-state index contributed by atoms with van der Waals surface area (Å²) in [7, 11) is 0. The molecule has 0 atom stereocenters. The fourth-order valence-corrected chi connectivity index (χ4v) is 2.12. The molecule has 0 amide bonds. The lowest BCUT2D eigenvalue weighted by Gasteiger charge is -2.11. The van der Waals surface area contributed by atoms with Gasteiger partial charge in [0.05, 0.1) is 0 Å². The van der Waals surface area contributed by atoms with E-state index in [2.05, 4.69) is 24.1 Å². The monoisotopic (exact) mass is 289 g/mol. The molecule has 4 nitrogen and oxygen atoms in total. The van der Waals surface area contributed by atoms with E-state index in [9.17, 15) is 9.18 Å². The van der Waals surface area contributed by atoms with Gasteiger partial charge in [0.25, 0.3) is 5.56 Å². The summed E-state index contributed by atoms with van der Waals surface area (Å²) in [5.74, 6) is 0.475. The summed E-state index contributed by atoms with van der Waals surface area (Å²) in [5, 5.41) is 2.99. The fraction of sp³-hybridized carbons (Fsp3) is 0.375. The Morgan fingerprint density at radius 1 is 1.33 bits per heavy atom. The first-order chi connectivity index (χ1) is 10.1. The number of aromatic nitrogens is 2. The number of hydrogen-bond acceptors (Lipinski definition) is 3. The van der Waals surface area contributed by atoms with Crippen LogP contribution < -0.4 is 10.9 Å². The molecule has 0 spiro atoms. The Labute approximate surface area is 123 Å². The van der Waals surface area contributed by atoms with Crippen LogP contribution in [0.25, 0.3) is 0 Å². The Kier molecular flexibility index (Phi) is 5.09. The second-order valence-electron chi connectivity index (χ2n) is 5.40. The molecule has 21 heavy (non-hydrogen) atoms. The second kappa shape index (κ2) is 7.02. The van der Waals surface area contributed by atoms with E-state index in [1.54, 1.807) is 35.2 Å². The molecule has 1 N–H and O–H groups in total. The zero-order valence-corrected chi connectivity index (χ0v) is 12.3. The summed E-state index contributed by atoms with van der Waals surface area (Å²) in [6, 6.07) is 6.64. The molecule has 0 radical (unpaired) electrons. The highest BCUT2D eigenvalue weighted by Gasteiger charge is 2.06. The summed E-state index contributed by atoms with van der Waals surface area (Å²) in [4.78, 5) is 16.2. The minimum absolute atomic E-state index is 0.139. The molecule has 0 fully saturated rings. The summed E-state index contributed by atoms with van der Waals surface area (Å²) in [5.41, 5.74) is 0.489. The van der Waals surface area contributed by atoms with Gasteiger partial charge >= 0.3 is 0 Å². The molecule has 0 bridgehead atoms. The van der Waals surface area contributed by atoms with Crippen LogP contribution in [-0.2, 0) is 13.0 Å². The van der Waals surface area contributed by atoms with E-state index in [-0.39, 0.29) is 11.4 Å². The molecular weight excluding hydrogens is 269 g/mol. The summed E-state index contributed by atoms with van der Waals surface area (Å²) >= 11 is 0. The van der Waals surface area contributed by atoms with Crippen LogP contribution in [0.2, 0.25) is 0 Å². The average Bonchev–Trinajstić information content (AvgIpc) is 2.44. The first-order valence-electron chi connectivity index (χ1n) is 7.10. The van der Waals surface area contributed by atoms with E-state index in [1.165, 1.54) is 6.07 Å². The molecule has 0 aliphatic heterocycles. The summed E-state index contributed by atoms with van der Waals surface area (Å²) < 4.78 is 15.1. The molecule has 1 heterocycles. The molecule has 0 aliphatic carbocycles. The lowest BCUT2D eigenvalue weighted by atomic mass is 10.1. The SMILES string of the molecule is CC(C)Cn1ccnc(NCCc2ccccc2F)c1=O. The van der Waals surface area contributed by atoms with Gasteiger partial charge in [-0.05, 0) is 24.0 Å². The van der Waals surface area contributed by atoms with Crippen molar-refractivity contribution in [2.75, 3.05) is 11.9 Å². The van der Waals surface area contributed by atoms with E-state index in [4.69, 9.17) is 0 Å². The molecule has 112 valence electrons. The Balaban J connectivity index is 2.01. The van der Waals surface area contributed by atoms with Gasteiger partial charge in [-0.1, -0.05) is 32.0 Å².